The SMILES string of the molecule is C=C1[C@H](CO[P@]2(=O)OCC[C@H](c3cc(F)ccc3Cl)O2)[C@@H](O)C[C@@H]1n1cnc2c(=O)[nH]c(N)nc21. The number of hydrogen-bond donors (Lipinski definition) is 3. The molecule has 1 saturated carbocycles. The number of nitrogens with zero attached hydrogens (tertiary/aromatic N) is 3. The van der Waals surface area contributed by atoms with E-state index in [0.29, 0.717) is 17.6 Å². The molecule has 1 aromatic carbocycles. The van der Waals surface area contributed by atoms with E-state index in [1.54, 1.807) is 4.57 Å². The highest BCUT2D eigenvalue weighted by atomic mass is 35.5. The summed E-state index contributed by atoms with van der Waals surface area (Å²) in [5, 5.41) is 11.0. The smallest absolute Gasteiger partial charge is 0.392 e. The highest BCUT2D eigenvalue weighted by Gasteiger charge is 2.42. The third-order valence-corrected chi connectivity index (χ3v) is 8.04. The molecule has 1 aliphatic carbocycles. The first kappa shape index (κ1) is 24.1. The summed E-state index contributed by atoms with van der Waals surface area (Å²) in [6.07, 6.45) is 0.296. The Morgan fingerprint density at radius 3 is 3.06 bits per heavy atom. The molecule has 5 rings (SSSR count). The van der Waals surface area contributed by atoms with E-state index in [1.165, 1.54) is 24.5 Å². The van der Waals surface area contributed by atoms with Crippen molar-refractivity contribution in [1.82, 2.24) is 19.5 Å². The lowest BCUT2D eigenvalue weighted by Gasteiger charge is -2.30. The number of aromatic nitrogens is 4. The van der Waals surface area contributed by atoms with Crippen LogP contribution in [0.3, 0.4) is 0 Å². The Bertz CT molecular complexity index is 1410. The molecule has 3 heterocycles. The summed E-state index contributed by atoms with van der Waals surface area (Å²) in [6, 6.07) is 3.38. The number of fused-ring (bicyclic) bond motifs is 1. The Balaban J connectivity index is 1.31. The number of benzene rings is 1. The summed E-state index contributed by atoms with van der Waals surface area (Å²) in [4.78, 5) is 22.7. The molecule has 0 amide bonds. The van der Waals surface area contributed by atoms with Crippen LogP contribution in [0.5, 0.6) is 0 Å². The number of rotatable bonds is 5. The van der Waals surface area contributed by atoms with Gasteiger partial charge in [0, 0.05) is 22.9 Å². The number of imidazole rings is 1. The van der Waals surface area contributed by atoms with Crippen molar-refractivity contribution >= 4 is 36.5 Å². The molecule has 3 aromatic rings. The van der Waals surface area contributed by atoms with Gasteiger partial charge in [-0.05, 0) is 30.2 Å². The fraction of sp³-hybridized carbons (Fsp3) is 0.381. The van der Waals surface area contributed by atoms with Gasteiger partial charge in [-0.15, -0.1) is 0 Å². The Labute approximate surface area is 203 Å². The second kappa shape index (κ2) is 9.12. The molecule has 2 aromatic heterocycles. The van der Waals surface area contributed by atoms with Gasteiger partial charge in [0.2, 0.25) is 5.95 Å². The van der Waals surface area contributed by atoms with Crippen LogP contribution in [0, 0.1) is 11.7 Å². The van der Waals surface area contributed by atoms with Crippen molar-refractivity contribution in [2.75, 3.05) is 18.9 Å². The van der Waals surface area contributed by atoms with Crippen LogP contribution < -0.4 is 11.3 Å². The summed E-state index contributed by atoms with van der Waals surface area (Å²) in [7, 11) is -4.03. The van der Waals surface area contributed by atoms with Gasteiger partial charge in [-0.2, -0.15) is 4.98 Å². The number of aromatic amines is 1. The lowest BCUT2D eigenvalue weighted by Crippen LogP contribution is -2.22. The summed E-state index contributed by atoms with van der Waals surface area (Å²) in [5.41, 5.74) is 6.46. The number of anilines is 1. The fourth-order valence-electron chi connectivity index (χ4n) is 4.44. The van der Waals surface area contributed by atoms with Crippen molar-refractivity contribution in [1.29, 1.82) is 0 Å². The van der Waals surface area contributed by atoms with Gasteiger partial charge in [-0.3, -0.25) is 23.3 Å². The number of H-pyrrole nitrogens is 1. The van der Waals surface area contributed by atoms with E-state index < -0.39 is 43.4 Å². The van der Waals surface area contributed by atoms with E-state index in [0.717, 1.165) is 0 Å². The number of hydrogen-bond acceptors (Lipinski definition) is 9. The monoisotopic (exact) mass is 525 g/mol. The second-order valence-electron chi connectivity index (χ2n) is 8.40. The molecule has 4 N–H and O–H groups in total. The molecule has 35 heavy (non-hydrogen) atoms. The number of phosphoric ester groups is 1. The molecule has 0 radical (unpaired) electrons. The number of phosphoric acid groups is 1. The van der Waals surface area contributed by atoms with Gasteiger partial charge >= 0.3 is 7.82 Å². The van der Waals surface area contributed by atoms with Crippen molar-refractivity contribution in [3.05, 3.63) is 63.4 Å². The van der Waals surface area contributed by atoms with Crippen LogP contribution in [0.25, 0.3) is 11.2 Å². The zero-order chi connectivity index (χ0) is 24.9. The minimum atomic E-state index is -4.03. The van der Waals surface area contributed by atoms with Crippen molar-refractivity contribution in [3.63, 3.8) is 0 Å². The first-order valence-electron chi connectivity index (χ1n) is 10.8. The maximum atomic E-state index is 13.7. The van der Waals surface area contributed by atoms with Crippen molar-refractivity contribution in [3.8, 4) is 0 Å². The zero-order valence-electron chi connectivity index (χ0n) is 18.3. The quantitative estimate of drug-likeness (QED) is 0.336. The van der Waals surface area contributed by atoms with Crippen molar-refractivity contribution in [2.45, 2.75) is 31.1 Å². The molecular weight excluding hydrogens is 504 g/mol. The normalized spacial score (nSPS) is 29.2. The predicted molar refractivity (Wildman–Crippen MR) is 124 cm³/mol. The molecule has 186 valence electrons. The first-order valence-corrected chi connectivity index (χ1v) is 12.6. The number of halogens is 2. The molecule has 5 atom stereocenters. The number of aliphatic hydroxyl groups excluding tert-OH is 1. The molecule has 0 bridgehead atoms. The van der Waals surface area contributed by atoms with Crippen LogP contribution in [0.4, 0.5) is 10.3 Å². The van der Waals surface area contributed by atoms with Gasteiger partial charge < -0.3 is 15.4 Å². The van der Waals surface area contributed by atoms with E-state index in [9.17, 15) is 18.9 Å². The van der Waals surface area contributed by atoms with Crippen LogP contribution in [0.15, 0.2) is 41.5 Å². The third-order valence-electron chi connectivity index (χ3n) is 6.22. The Hall–Kier alpha value is -2.60. The lowest BCUT2D eigenvalue weighted by molar-refractivity contribution is 0.0165. The van der Waals surface area contributed by atoms with Gasteiger partial charge in [-0.25, -0.2) is 13.9 Å². The maximum absolute atomic E-state index is 13.7. The summed E-state index contributed by atoms with van der Waals surface area (Å²) in [5.74, 6) is -1.18. The molecule has 2 fully saturated rings. The second-order valence-corrected chi connectivity index (χ2v) is 10.4. The van der Waals surface area contributed by atoms with Gasteiger partial charge in [0.1, 0.15) is 5.82 Å². The average molecular weight is 526 g/mol. The van der Waals surface area contributed by atoms with Gasteiger partial charge in [0.15, 0.2) is 11.2 Å². The Morgan fingerprint density at radius 2 is 2.26 bits per heavy atom. The minimum absolute atomic E-state index is 0.0498. The van der Waals surface area contributed by atoms with Gasteiger partial charge in [-0.1, -0.05) is 18.2 Å². The predicted octanol–water partition coefficient (Wildman–Crippen LogP) is 3.28. The molecule has 1 saturated heterocycles. The molecule has 14 heteroatoms. The van der Waals surface area contributed by atoms with Crippen LogP contribution in [-0.4, -0.2) is 43.9 Å². The highest BCUT2D eigenvalue weighted by Crippen LogP contribution is 2.58. The Kier molecular flexibility index (Phi) is 6.28. The fourth-order valence-corrected chi connectivity index (χ4v) is 6.08. The van der Waals surface area contributed by atoms with E-state index in [1.807, 2.05) is 0 Å². The average Bonchev–Trinajstić information content (AvgIpc) is 3.34. The number of nitrogen functional groups attached to an aromatic ring is 1. The van der Waals surface area contributed by atoms with E-state index in [2.05, 4.69) is 21.5 Å². The van der Waals surface area contributed by atoms with E-state index in [-0.39, 0.29) is 41.8 Å². The lowest BCUT2D eigenvalue weighted by atomic mass is 10.0. The molecule has 11 nitrogen and oxygen atoms in total. The molecule has 1 aliphatic heterocycles. The zero-order valence-corrected chi connectivity index (χ0v) is 19.9. The molecular formula is C21H22ClFN5O6P. The topological polar surface area (TPSA) is 155 Å². The van der Waals surface area contributed by atoms with Gasteiger partial charge in [0.05, 0.1) is 37.8 Å². The van der Waals surface area contributed by atoms with Crippen LogP contribution in [-0.2, 0) is 18.1 Å². The highest BCUT2D eigenvalue weighted by molar-refractivity contribution is 7.48. The number of nitrogens with one attached hydrogen (secondary N) is 1. The van der Waals surface area contributed by atoms with Crippen LogP contribution >= 0.6 is 19.4 Å². The third kappa shape index (κ3) is 4.53. The van der Waals surface area contributed by atoms with Gasteiger partial charge in [0.25, 0.3) is 5.56 Å². The van der Waals surface area contributed by atoms with Crippen LogP contribution in [0.1, 0.15) is 30.6 Å². The number of aliphatic hydroxyl groups is 1. The van der Waals surface area contributed by atoms with Crippen molar-refractivity contribution < 1.29 is 27.6 Å². The maximum Gasteiger partial charge on any atom is 0.475 e. The Morgan fingerprint density at radius 1 is 1.46 bits per heavy atom. The minimum Gasteiger partial charge on any atom is -0.392 e. The number of nitrogens with two attached hydrogens (primary N) is 1. The van der Waals surface area contributed by atoms with E-state index >= 15 is 0 Å². The summed E-state index contributed by atoms with van der Waals surface area (Å²) < 4.78 is 44.9. The van der Waals surface area contributed by atoms with Crippen LogP contribution in [0.2, 0.25) is 5.02 Å². The van der Waals surface area contributed by atoms with Crippen molar-refractivity contribution in [2.24, 2.45) is 5.92 Å². The molecule has 2 aliphatic rings. The molecule has 0 unspecified atom stereocenters. The summed E-state index contributed by atoms with van der Waals surface area (Å²) >= 11 is 6.16. The largest absolute Gasteiger partial charge is 0.475 e. The van der Waals surface area contributed by atoms with E-state index in [4.69, 9.17) is 30.9 Å². The standard InChI is InChI=1S/C21H22ClFN5O6P/c1-10-13(16(29)7-15(10)28-9-25-18-19(28)26-21(24)27-20(18)30)8-33-35(31)32-5-4-17(34-35)12-6-11(23)2-3-14(12)22/h2-3,6,9,13,15-17,29H,1,4-5,7-8H2,(H3,24,26,27,30)/t13-,15-,16-,17+,35-/m0/s1. The summed E-state index contributed by atoms with van der Waals surface area (Å²) in [6.45, 7) is 3.92. The molecule has 0 spiro atoms. The first-order chi connectivity index (χ1) is 16.6.